The van der Waals surface area contributed by atoms with Crippen LogP contribution in [0.1, 0.15) is 49.4 Å². The summed E-state index contributed by atoms with van der Waals surface area (Å²) in [6.07, 6.45) is 5.26. The van der Waals surface area contributed by atoms with Crippen LogP contribution in [0.3, 0.4) is 0 Å². The predicted molar refractivity (Wildman–Crippen MR) is 169 cm³/mol. The van der Waals surface area contributed by atoms with Crippen molar-refractivity contribution in [3.8, 4) is 23.5 Å². The van der Waals surface area contributed by atoms with Crippen LogP contribution in [0.15, 0.2) is 84.2 Å². The second-order valence-electron chi connectivity index (χ2n) is 12.2. The lowest BCUT2D eigenvalue weighted by molar-refractivity contribution is -0.142. The van der Waals surface area contributed by atoms with Gasteiger partial charge in [-0.1, -0.05) is 36.3 Å². The van der Waals surface area contributed by atoms with Crippen LogP contribution in [0.25, 0.3) is 0 Å². The number of amides is 1. The Labute approximate surface area is 270 Å². The molecule has 0 radical (unpaired) electrons. The van der Waals surface area contributed by atoms with Crippen molar-refractivity contribution in [3.63, 3.8) is 0 Å². The van der Waals surface area contributed by atoms with E-state index in [1.165, 1.54) is 35.2 Å². The quantitative estimate of drug-likeness (QED) is 0.299. The number of aromatic nitrogens is 4. The Bertz CT molecular complexity index is 1840. The summed E-state index contributed by atoms with van der Waals surface area (Å²) in [4.78, 5) is 41.0. The van der Waals surface area contributed by atoms with Crippen molar-refractivity contribution >= 4 is 11.6 Å². The van der Waals surface area contributed by atoms with Gasteiger partial charge in [-0.2, -0.15) is 0 Å². The third kappa shape index (κ3) is 7.31. The van der Waals surface area contributed by atoms with Gasteiger partial charge in [-0.15, -0.1) is 0 Å². The van der Waals surface area contributed by atoms with Crippen molar-refractivity contribution in [2.75, 3.05) is 18.8 Å². The lowest BCUT2D eigenvalue weighted by Crippen LogP contribution is -2.52. The molecule has 1 saturated carbocycles. The van der Waals surface area contributed by atoms with Crippen molar-refractivity contribution in [2.24, 2.45) is 5.92 Å². The Morgan fingerprint density at radius 3 is 2.43 bits per heavy atom. The number of benzene rings is 2. The van der Waals surface area contributed by atoms with Gasteiger partial charge in [0.25, 0.3) is 5.56 Å². The molecule has 12 heteroatoms. The highest BCUT2D eigenvalue weighted by atomic mass is 19.1. The van der Waals surface area contributed by atoms with E-state index in [2.05, 4.69) is 26.8 Å². The number of nitrogen functional groups attached to an aromatic ring is 1. The second kappa shape index (κ2) is 13.3. The summed E-state index contributed by atoms with van der Waals surface area (Å²) in [7, 11) is 0. The fourth-order valence-electron chi connectivity index (χ4n) is 6.32. The highest BCUT2D eigenvalue weighted by Crippen LogP contribution is 2.45. The zero-order chi connectivity index (χ0) is 33.0. The van der Waals surface area contributed by atoms with Crippen molar-refractivity contribution in [2.45, 2.75) is 55.8 Å². The van der Waals surface area contributed by atoms with E-state index < -0.39 is 34.5 Å². The fourth-order valence-corrected chi connectivity index (χ4v) is 6.32. The molecule has 2 aliphatic rings. The number of carbonyl (C=O) groups excluding carboxylic acids is 1. The maximum Gasteiger partial charge on any atom is 0.280 e. The van der Waals surface area contributed by atoms with Crippen LogP contribution >= 0.6 is 0 Å². The lowest BCUT2D eigenvalue weighted by Gasteiger charge is -2.43. The number of likely N-dealkylation sites (tertiary alicyclic amines) is 1. The first-order valence-electron chi connectivity index (χ1n) is 15.4. The van der Waals surface area contributed by atoms with Crippen LogP contribution < -0.4 is 16.0 Å². The number of aliphatic hydroxyl groups is 1. The summed E-state index contributed by atoms with van der Waals surface area (Å²) >= 11 is 0. The number of anilines is 1. The van der Waals surface area contributed by atoms with Crippen LogP contribution in [0.4, 0.5) is 14.5 Å². The average molecular weight is 641 g/mol. The minimum absolute atomic E-state index is 0.0588. The smallest absolute Gasteiger partial charge is 0.280 e. The van der Waals surface area contributed by atoms with Gasteiger partial charge >= 0.3 is 0 Å². The predicted octanol–water partition coefficient (Wildman–Crippen LogP) is 4.24. The minimum Gasteiger partial charge on any atom is -0.437 e. The Hall–Kier alpha value is -5.15. The van der Waals surface area contributed by atoms with Crippen molar-refractivity contribution in [3.05, 3.63) is 107 Å². The SMILES string of the molecule is Nc1c(Oc2ccc(F)cc2)ncn(CC2(O)CCN(C(=O)[C@@H]3CC[C@@](F)(C#Cc4ncccn4)C[C@H]3c3ccccc3)CC2)c1=O. The standard InChI is InChI=1S/C35H34F2N6O4/c36-25-7-9-26(10-8-25)47-31-30(38)33(45)43(23-41-31)22-35(46)15-19-42(20-16-35)32(44)27-11-13-34(37,14-12-29-39-17-4-18-40-29)21-28(27)24-5-2-1-3-6-24/h1-10,17-18,23,27-28,46H,11,13,15-16,19-22,38H2/t27-,28+,34-/m1/s1. The molecule has 3 atom stereocenters. The van der Waals surface area contributed by atoms with E-state index in [1.54, 1.807) is 23.4 Å². The molecule has 1 saturated heterocycles. The van der Waals surface area contributed by atoms with Crippen LogP contribution in [-0.4, -0.2) is 59.8 Å². The van der Waals surface area contributed by atoms with Gasteiger partial charge in [-0.25, -0.2) is 23.7 Å². The van der Waals surface area contributed by atoms with Gasteiger partial charge in [0.2, 0.25) is 17.6 Å². The molecule has 2 aromatic carbocycles. The van der Waals surface area contributed by atoms with E-state index in [0.717, 1.165) is 5.56 Å². The van der Waals surface area contributed by atoms with Crippen LogP contribution in [0.5, 0.6) is 11.6 Å². The third-order valence-corrected chi connectivity index (χ3v) is 8.92. The van der Waals surface area contributed by atoms with Crippen molar-refractivity contribution in [1.29, 1.82) is 0 Å². The van der Waals surface area contributed by atoms with Gasteiger partial charge in [-0.3, -0.25) is 14.2 Å². The summed E-state index contributed by atoms with van der Waals surface area (Å²) in [5, 5.41) is 11.4. The highest BCUT2D eigenvalue weighted by molar-refractivity contribution is 5.80. The molecule has 1 amide bonds. The number of hydrogen-bond acceptors (Lipinski definition) is 8. The van der Waals surface area contributed by atoms with E-state index in [-0.39, 0.29) is 74.4 Å². The zero-order valence-corrected chi connectivity index (χ0v) is 25.6. The molecule has 3 N–H and O–H groups in total. The molecule has 2 fully saturated rings. The zero-order valence-electron chi connectivity index (χ0n) is 25.6. The largest absolute Gasteiger partial charge is 0.437 e. The topological polar surface area (TPSA) is 136 Å². The molecule has 1 aliphatic carbocycles. The molecule has 1 aliphatic heterocycles. The van der Waals surface area contributed by atoms with Gasteiger partial charge in [0.15, 0.2) is 11.4 Å². The molecular formula is C35H34F2N6O4. The van der Waals surface area contributed by atoms with E-state index in [1.807, 2.05) is 30.3 Å². The van der Waals surface area contributed by atoms with E-state index >= 15 is 4.39 Å². The third-order valence-electron chi connectivity index (χ3n) is 8.92. The summed E-state index contributed by atoms with van der Waals surface area (Å²) < 4.78 is 36.1. The summed E-state index contributed by atoms with van der Waals surface area (Å²) in [6.45, 7) is 0.456. The van der Waals surface area contributed by atoms with Crippen molar-refractivity contribution in [1.82, 2.24) is 24.4 Å². The van der Waals surface area contributed by atoms with E-state index in [4.69, 9.17) is 10.5 Å². The number of halogens is 2. The number of ether oxygens (including phenoxy) is 1. The van der Waals surface area contributed by atoms with E-state index in [9.17, 15) is 19.1 Å². The van der Waals surface area contributed by atoms with Crippen LogP contribution in [0, 0.1) is 23.6 Å². The number of carbonyl (C=O) groups is 1. The molecule has 242 valence electrons. The molecule has 10 nitrogen and oxygen atoms in total. The highest BCUT2D eigenvalue weighted by Gasteiger charge is 2.46. The number of hydrogen-bond donors (Lipinski definition) is 2. The number of nitrogens with two attached hydrogens (primary N) is 1. The molecule has 3 heterocycles. The number of alkyl halides is 1. The van der Waals surface area contributed by atoms with Gasteiger partial charge in [-0.05, 0) is 73.4 Å². The monoisotopic (exact) mass is 640 g/mol. The molecular weight excluding hydrogens is 606 g/mol. The molecule has 47 heavy (non-hydrogen) atoms. The second-order valence-corrected chi connectivity index (χ2v) is 12.2. The number of piperidine rings is 1. The number of nitrogens with zero attached hydrogens (tertiary/aromatic N) is 5. The maximum absolute atomic E-state index is 16.1. The van der Waals surface area contributed by atoms with Crippen LogP contribution in [-0.2, 0) is 11.3 Å². The summed E-state index contributed by atoms with van der Waals surface area (Å²) in [6, 6.07) is 16.3. The van der Waals surface area contributed by atoms with Gasteiger partial charge in [0.05, 0.1) is 12.1 Å². The first kappa shape index (κ1) is 31.8. The summed E-state index contributed by atoms with van der Waals surface area (Å²) in [5.41, 5.74) is 2.95. The van der Waals surface area contributed by atoms with Gasteiger partial charge in [0, 0.05) is 37.8 Å². The first-order valence-corrected chi connectivity index (χ1v) is 15.4. The Kier molecular flexibility index (Phi) is 9.00. The normalized spacial score (nSPS) is 22.1. The Balaban J connectivity index is 1.12. The molecule has 0 spiro atoms. The average Bonchev–Trinajstić information content (AvgIpc) is 3.09. The molecule has 0 unspecified atom stereocenters. The molecule has 6 rings (SSSR count). The van der Waals surface area contributed by atoms with Gasteiger partial charge < -0.3 is 20.5 Å². The lowest BCUT2D eigenvalue weighted by atomic mass is 9.69. The minimum atomic E-state index is -1.80. The number of rotatable bonds is 6. The molecule has 0 bridgehead atoms. The van der Waals surface area contributed by atoms with Crippen LogP contribution in [0.2, 0.25) is 0 Å². The first-order chi connectivity index (χ1) is 22.6. The molecule has 4 aromatic rings. The molecule has 2 aromatic heterocycles. The summed E-state index contributed by atoms with van der Waals surface area (Å²) in [5.74, 6) is 4.52. The fraction of sp³-hybridized carbons (Fsp3) is 0.343. The van der Waals surface area contributed by atoms with E-state index in [0.29, 0.717) is 6.42 Å². The Morgan fingerprint density at radius 1 is 1.02 bits per heavy atom. The Morgan fingerprint density at radius 2 is 1.72 bits per heavy atom. The van der Waals surface area contributed by atoms with Crippen molar-refractivity contribution < 1.29 is 23.4 Å². The maximum atomic E-state index is 16.1. The van der Waals surface area contributed by atoms with Gasteiger partial charge in [0.1, 0.15) is 17.9 Å².